The molecular weight excluding hydrogens is 763 g/mol. The first-order chi connectivity index (χ1) is 30.6. The maximum atomic E-state index is 12.5. The van der Waals surface area contributed by atoms with Gasteiger partial charge in [0.25, 0.3) is 0 Å². The summed E-state index contributed by atoms with van der Waals surface area (Å²) in [4.78, 5) is 12.5. The van der Waals surface area contributed by atoms with Gasteiger partial charge in [0.2, 0.25) is 5.91 Å². The first-order valence-electron chi connectivity index (χ1n) is 27.4. The van der Waals surface area contributed by atoms with Crippen molar-refractivity contribution in [1.29, 1.82) is 0 Å². The molecule has 0 radical (unpaired) electrons. The highest BCUT2D eigenvalue weighted by molar-refractivity contribution is 5.76. The summed E-state index contributed by atoms with van der Waals surface area (Å²) in [6, 6.07) is -0.832. The van der Waals surface area contributed by atoms with Crippen LogP contribution < -0.4 is 5.32 Å². The van der Waals surface area contributed by atoms with Crippen molar-refractivity contribution in [2.24, 2.45) is 0 Å². The molecule has 5 nitrogen and oxygen atoms in total. The topological polar surface area (TPSA) is 89.8 Å². The zero-order valence-electron chi connectivity index (χ0n) is 41.5. The number of rotatable bonds is 50. The molecule has 0 bridgehead atoms. The summed E-state index contributed by atoms with van der Waals surface area (Å²) in [7, 11) is 0. The Kier molecular flexibility index (Phi) is 50.5. The molecule has 0 saturated heterocycles. The number of aliphatic hydroxyl groups excluding tert-OH is 3. The van der Waals surface area contributed by atoms with Gasteiger partial charge in [-0.2, -0.15) is 0 Å². The lowest BCUT2D eigenvalue weighted by Crippen LogP contribution is -2.50. The van der Waals surface area contributed by atoms with Crippen molar-refractivity contribution in [2.75, 3.05) is 6.61 Å². The van der Waals surface area contributed by atoms with E-state index in [4.69, 9.17) is 0 Å². The quantitative estimate of drug-likeness (QED) is 0.0362. The van der Waals surface area contributed by atoms with Crippen LogP contribution in [0.15, 0.2) is 48.6 Å². The average molecular weight is 870 g/mol. The van der Waals surface area contributed by atoms with E-state index < -0.39 is 18.2 Å². The molecule has 0 saturated carbocycles. The number of nitrogens with one attached hydrogen (secondary N) is 1. The number of unbranched alkanes of at least 4 members (excludes halogenated alkanes) is 34. The highest BCUT2D eigenvalue weighted by Gasteiger charge is 2.26. The fourth-order valence-corrected chi connectivity index (χ4v) is 8.39. The lowest BCUT2D eigenvalue weighted by atomic mass is 10.0. The molecule has 62 heavy (non-hydrogen) atoms. The van der Waals surface area contributed by atoms with E-state index in [0.717, 1.165) is 51.4 Å². The SMILES string of the molecule is CCCCCC/C=C/CC/C=C/CCCC(O)C(O)C(CO)NC(=O)CCCCCCCCCCCCCCCCCCC/C=C\C/C=C\CCCCCCCCCCCCC. The van der Waals surface area contributed by atoms with E-state index in [1.807, 2.05) is 0 Å². The minimum Gasteiger partial charge on any atom is -0.394 e. The normalized spacial score (nSPS) is 13.7. The van der Waals surface area contributed by atoms with Crippen LogP contribution in [0, 0.1) is 0 Å². The van der Waals surface area contributed by atoms with Gasteiger partial charge in [-0.1, -0.05) is 242 Å². The summed E-state index contributed by atoms with van der Waals surface area (Å²) < 4.78 is 0. The second-order valence-corrected chi connectivity index (χ2v) is 18.8. The maximum Gasteiger partial charge on any atom is 0.220 e. The number of allylic oxidation sites excluding steroid dienone is 8. The number of carbonyl (C=O) groups excluding carboxylic acids is 1. The highest BCUT2D eigenvalue weighted by Crippen LogP contribution is 2.16. The van der Waals surface area contributed by atoms with Gasteiger partial charge in [0, 0.05) is 6.42 Å². The maximum absolute atomic E-state index is 12.5. The van der Waals surface area contributed by atoms with Gasteiger partial charge in [0.05, 0.1) is 18.8 Å². The lowest BCUT2D eigenvalue weighted by Gasteiger charge is -2.26. The highest BCUT2D eigenvalue weighted by atomic mass is 16.3. The van der Waals surface area contributed by atoms with Crippen LogP contribution in [0.25, 0.3) is 0 Å². The molecule has 4 N–H and O–H groups in total. The molecule has 0 fully saturated rings. The van der Waals surface area contributed by atoms with Gasteiger partial charge in [-0.15, -0.1) is 0 Å². The molecule has 0 aliphatic carbocycles. The van der Waals surface area contributed by atoms with Crippen molar-refractivity contribution < 1.29 is 20.1 Å². The lowest BCUT2D eigenvalue weighted by molar-refractivity contribution is -0.124. The Morgan fingerprint density at radius 2 is 0.710 bits per heavy atom. The average Bonchev–Trinajstić information content (AvgIpc) is 3.28. The van der Waals surface area contributed by atoms with Gasteiger partial charge in [-0.05, 0) is 83.5 Å². The van der Waals surface area contributed by atoms with Crippen LogP contribution in [0.5, 0.6) is 0 Å². The standard InChI is InChI=1S/C57H107NO4/c1-3-5-7-9-11-13-15-17-18-19-20-21-22-23-24-25-26-27-28-29-30-31-32-33-34-35-36-37-38-40-42-44-46-48-50-52-56(61)58-54(53-59)57(62)55(60)51-49-47-45-43-41-39-16-14-12-10-8-6-4-2/h14,16,22-23,25-26,43,45,54-55,57,59-60,62H,3-13,15,17-21,24,27-42,44,46-53H2,1-2H3,(H,58,61)/b16-14+,23-22-,26-25-,45-43+. The molecule has 1 amide bonds. The van der Waals surface area contributed by atoms with E-state index in [0.29, 0.717) is 12.8 Å². The Balaban J connectivity index is 3.51. The molecule has 0 aromatic carbocycles. The van der Waals surface area contributed by atoms with E-state index in [9.17, 15) is 20.1 Å². The Hall–Kier alpha value is -1.69. The monoisotopic (exact) mass is 870 g/mol. The largest absolute Gasteiger partial charge is 0.394 e. The first-order valence-corrected chi connectivity index (χ1v) is 27.4. The molecule has 0 heterocycles. The second kappa shape index (κ2) is 51.9. The van der Waals surface area contributed by atoms with Crippen molar-refractivity contribution in [3.05, 3.63) is 48.6 Å². The van der Waals surface area contributed by atoms with Crippen LogP contribution >= 0.6 is 0 Å². The van der Waals surface area contributed by atoms with Crippen molar-refractivity contribution in [1.82, 2.24) is 5.32 Å². The van der Waals surface area contributed by atoms with Gasteiger partial charge < -0.3 is 20.6 Å². The summed E-state index contributed by atoms with van der Waals surface area (Å²) in [5.74, 6) is -0.157. The van der Waals surface area contributed by atoms with E-state index >= 15 is 0 Å². The summed E-state index contributed by atoms with van der Waals surface area (Å²) in [6.45, 7) is 4.15. The van der Waals surface area contributed by atoms with Crippen LogP contribution in [0.2, 0.25) is 0 Å². The number of hydrogen-bond donors (Lipinski definition) is 4. The summed E-state index contributed by atoms with van der Waals surface area (Å²) in [6.07, 6.45) is 68.5. The molecule has 3 unspecified atom stereocenters. The summed E-state index contributed by atoms with van der Waals surface area (Å²) in [5.41, 5.74) is 0. The Morgan fingerprint density at radius 1 is 0.403 bits per heavy atom. The van der Waals surface area contributed by atoms with Gasteiger partial charge in [0.15, 0.2) is 0 Å². The van der Waals surface area contributed by atoms with E-state index in [1.165, 1.54) is 205 Å². The molecule has 3 atom stereocenters. The van der Waals surface area contributed by atoms with Crippen molar-refractivity contribution in [3.8, 4) is 0 Å². The van der Waals surface area contributed by atoms with Crippen LogP contribution in [0.1, 0.15) is 284 Å². The molecule has 364 valence electrons. The molecular formula is C57H107NO4. The van der Waals surface area contributed by atoms with Crippen LogP contribution in [-0.4, -0.2) is 46.1 Å². The first kappa shape index (κ1) is 60.3. The predicted molar refractivity (Wildman–Crippen MR) is 273 cm³/mol. The zero-order valence-corrected chi connectivity index (χ0v) is 41.5. The molecule has 0 aliphatic rings. The van der Waals surface area contributed by atoms with Gasteiger partial charge >= 0.3 is 0 Å². The van der Waals surface area contributed by atoms with Crippen molar-refractivity contribution in [3.63, 3.8) is 0 Å². The molecule has 0 spiro atoms. The number of aliphatic hydroxyl groups is 3. The smallest absolute Gasteiger partial charge is 0.220 e. The predicted octanol–water partition coefficient (Wildman–Crippen LogP) is 16.8. The molecule has 0 aromatic heterocycles. The minimum atomic E-state index is -1.17. The van der Waals surface area contributed by atoms with Crippen molar-refractivity contribution in [2.45, 2.75) is 302 Å². The molecule has 0 aromatic rings. The second-order valence-electron chi connectivity index (χ2n) is 18.8. The van der Waals surface area contributed by atoms with Gasteiger partial charge in [-0.25, -0.2) is 0 Å². The zero-order chi connectivity index (χ0) is 45.1. The third-order valence-corrected chi connectivity index (χ3v) is 12.6. The Morgan fingerprint density at radius 3 is 1.10 bits per heavy atom. The summed E-state index contributed by atoms with van der Waals surface area (Å²) in [5, 5.41) is 33.6. The minimum absolute atomic E-state index is 0.157. The van der Waals surface area contributed by atoms with Gasteiger partial charge in [0.1, 0.15) is 6.10 Å². The van der Waals surface area contributed by atoms with Crippen LogP contribution in [-0.2, 0) is 4.79 Å². The number of amides is 1. The fourth-order valence-electron chi connectivity index (χ4n) is 8.39. The Labute approximate surface area is 387 Å². The molecule has 0 rings (SSSR count). The third-order valence-electron chi connectivity index (χ3n) is 12.6. The van der Waals surface area contributed by atoms with Gasteiger partial charge in [-0.3, -0.25) is 4.79 Å². The van der Waals surface area contributed by atoms with E-state index in [2.05, 4.69) is 67.8 Å². The van der Waals surface area contributed by atoms with Crippen LogP contribution in [0.3, 0.4) is 0 Å². The van der Waals surface area contributed by atoms with Crippen LogP contribution in [0.4, 0.5) is 0 Å². The number of carbonyl (C=O) groups is 1. The Bertz CT molecular complexity index is 1000. The molecule has 0 aliphatic heterocycles. The van der Waals surface area contributed by atoms with E-state index in [-0.39, 0.29) is 12.5 Å². The fraction of sp³-hybridized carbons (Fsp3) is 0.842. The third kappa shape index (κ3) is 46.3. The van der Waals surface area contributed by atoms with E-state index in [1.54, 1.807) is 0 Å². The summed E-state index contributed by atoms with van der Waals surface area (Å²) >= 11 is 0. The molecule has 5 heteroatoms. The number of hydrogen-bond acceptors (Lipinski definition) is 4. The van der Waals surface area contributed by atoms with Crippen molar-refractivity contribution >= 4 is 5.91 Å².